The Kier molecular flexibility index (Phi) is 7.83. The first-order chi connectivity index (χ1) is 31.3. The van der Waals surface area contributed by atoms with Gasteiger partial charge in [-0.05, 0) is 88.0 Å². The highest BCUT2D eigenvalue weighted by atomic mass is 16.5. The van der Waals surface area contributed by atoms with Crippen molar-refractivity contribution in [2.45, 2.75) is 5.41 Å². The predicted octanol–water partition coefficient (Wildman–Crippen LogP) is 9.06. The third-order valence-electron chi connectivity index (χ3n) is 13.4. The number of furan rings is 2. The molecule has 1 aliphatic heterocycles. The van der Waals surface area contributed by atoms with Crippen LogP contribution < -0.4 is 37.0 Å². The Labute approximate surface area is 375 Å². The second-order valence-corrected chi connectivity index (χ2v) is 16.6. The summed E-state index contributed by atoms with van der Waals surface area (Å²) >= 11 is 0. The van der Waals surface area contributed by atoms with E-state index in [1.807, 2.05) is 66.7 Å². The quantitative estimate of drug-likeness (QED) is 0.167. The van der Waals surface area contributed by atoms with Crippen molar-refractivity contribution in [2.75, 3.05) is 4.90 Å². The van der Waals surface area contributed by atoms with Crippen LogP contribution in [0, 0.1) is 0 Å². The molecule has 9 heteroatoms. The Morgan fingerprint density at radius 2 is 0.922 bits per heavy atom. The maximum Gasteiger partial charge on any atom is 0.137 e. The van der Waals surface area contributed by atoms with Gasteiger partial charge in [-0.15, -0.1) is 16.4 Å². The molecule has 10 radical (unpaired) electrons. The molecule has 0 fully saturated rings. The van der Waals surface area contributed by atoms with Crippen LogP contribution in [0.25, 0.3) is 66.1 Å². The van der Waals surface area contributed by atoms with Crippen LogP contribution in [0.2, 0.25) is 0 Å². The van der Waals surface area contributed by atoms with Crippen LogP contribution in [0.3, 0.4) is 0 Å². The van der Waals surface area contributed by atoms with Gasteiger partial charge < -0.3 is 18.5 Å². The van der Waals surface area contributed by atoms with E-state index in [1.54, 1.807) is 0 Å². The van der Waals surface area contributed by atoms with E-state index in [4.69, 9.17) is 52.8 Å². The summed E-state index contributed by atoms with van der Waals surface area (Å²) in [5.41, 5.74) is 14.3. The molecule has 286 valence electrons. The number of nitrogens with zero attached hydrogens (tertiary/aromatic N) is 1. The van der Waals surface area contributed by atoms with Crippen LogP contribution >= 0.6 is 0 Å². The monoisotopic (exact) mass is 805 g/mol. The average Bonchev–Trinajstić information content (AvgIpc) is 4.00. The fourth-order valence-corrected chi connectivity index (χ4v) is 10.6. The van der Waals surface area contributed by atoms with Crippen molar-refractivity contribution in [3.63, 3.8) is 0 Å². The van der Waals surface area contributed by atoms with Crippen molar-refractivity contribution in [2.24, 2.45) is 0 Å². The molecular weight excluding hydrogens is 777 g/mol. The van der Waals surface area contributed by atoms with E-state index in [-0.39, 0.29) is 27.3 Å². The molecule has 0 saturated heterocycles. The summed E-state index contributed by atoms with van der Waals surface area (Å²) in [4.78, 5) is 2.28. The van der Waals surface area contributed by atoms with Gasteiger partial charge >= 0.3 is 0 Å². The summed E-state index contributed by atoms with van der Waals surface area (Å²) < 4.78 is 20.2. The van der Waals surface area contributed by atoms with Crippen molar-refractivity contribution in [3.05, 3.63) is 192 Å². The second kappa shape index (κ2) is 13.5. The van der Waals surface area contributed by atoms with E-state index in [2.05, 4.69) is 108 Å². The normalized spacial score (nSPS) is 13.2. The fourth-order valence-electron chi connectivity index (χ4n) is 10.6. The van der Waals surface area contributed by atoms with Gasteiger partial charge in [-0.1, -0.05) is 120 Å². The molecule has 11 aromatic rings. The molecule has 2 aliphatic rings. The first-order valence-corrected chi connectivity index (χ1v) is 21.1. The maximum absolute atomic E-state index is 7.04. The second-order valence-electron chi connectivity index (χ2n) is 16.6. The number of anilines is 3. The van der Waals surface area contributed by atoms with Crippen LogP contribution in [-0.2, 0) is 5.41 Å². The molecule has 0 bridgehead atoms. The van der Waals surface area contributed by atoms with Crippen LogP contribution in [0.1, 0.15) is 22.3 Å². The molecule has 0 atom stereocenters. The highest BCUT2D eigenvalue weighted by Gasteiger charge is 2.51. The van der Waals surface area contributed by atoms with Gasteiger partial charge in [-0.3, -0.25) is 0 Å². The van der Waals surface area contributed by atoms with Crippen LogP contribution in [0.5, 0.6) is 11.5 Å². The lowest BCUT2D eigenvalue weighted by Crippen LogP contribution is -2.55. The van der Waals surface area contributed by atoms with Gasteiger partial charge in [0.15, 0.2) is 0 Å². The molecule has 0 N–H and O–H groups in total. The minimum atomic E-state index is -0.614. The molecule has 4 nitrogen and oxygen atoms in total. The van der Waals surface area contributed by atoms with E-state index >= 15 is 0 Å². The molecule has 3 heterocycles. The molecule has 1 spiro atoms. The number of fused-ring (bicyclic) bond motifs is 15. The minimum Gasteiger partial charge on any atom is -0.457 e. The van der Waals surface area contributed by atoms with Crippen molar-refractivity contribution < 1.29 is 13.6 Å². The zero-order chi connectivity index (χ0) is 43.0. The Balaban J connectivity index is 1.10. The van der Waals surface area contributed by atoms with Gasteiger partial charge in [0, 0.05) is 33.7 Å². The van der Waals surface area contributed by atoms with Crippen molar-refractivity contribution >= 4 is 127 Å². The van der Waals surface area contributed by atoms with Crippen molar-refractivity contribution in [1.82, 2.24) is 0 Å². The number of hydrogen-bond donors (Lipinski definition) is 0. The Hall–Kier alpha value is -7.50. The van der Waals surface area contributed by atoms with Gasteiger partial charge in [0.2, 0.25) is 0 Å². The third kappa shape index (κ3) is 4.90. The molecule has 0 saturated carbocycles. The highest BCUT2D eigenvalue weighted by molar-refractivity contribution is 6.68. The lowest BCUT2D eigenvalue weighted by Gasteiger charge is -2.40. The highest BCUT2D eigenvalue weighted by Crippen LogP contribution is 2.62. The summed E-state index contributed by atoms with van der Waals surface area (Å²) in [6, 6.07) is 58.9. The fraction of sp³-hybridized carbons (Fsp3) is 0.0182. The largest absolute Gasteiger partial charge is 0.457 e. The number of para-hydroxylation sites is 2. The predicted molar refractivity (Wildman–Crippen MR) is 265 cm³/mol. The minimum absolute atomic E-state index is 0.164. The van der Waals surface area contributed by atoms with E-state index in [0.29, 0.717) is 16.7 Å². The van der Waals surface area contributed by atoms with E-state index in [0.717, 1.165) is 78.0 Å². The topological polar surface area (TPSA) is 38.8 Å². The molecule has 0 unspecified atom stereocenters. The average molecular weight is 805 g/mol. The zero-order valence-corrected chi connectivity index (χ0v) is 34.2. The van der Waals surface area contributed by atoms with E-state index in [1.165, 1.54) is 22.3 Å². The molecular formula is C55H28B5NO3. The summed E-state index contributed by atoms with van der Waals surface area (Å²) in [6.45, 7) is 0. The number of hydrogen-bond acceptors (Lipinski definition) is 4. The smallest absolute Gasteiger partial charge is 0.137 e. The molecule has 64 heavy (non-hydrogen) atoms. The molecule has 1 aliphatic carbocycles. The Morgan fingerprint density at radius 1 is 0.391 bits per heavy atom. The van der Waals surface area contributed by atoms with Crippen molar-refractivity contribution in [3.8, 4) is 33.8 Å². The summed E-state index contributed by atoms with van der Waals surface area (Å²) in [5.74, 6) is 1.57. The van der Waals surface area contributed by atoms with E-state index < -0.39 is 5.41 Å². The van der Waals surface area contributed by atoms with Crippen LogP contribution in [-0.4, -0.2) is 39.2 Å². The van der Waals surface area contributed by atoms with Gasteiger partial charge in [0.05, 0.1) is 27.6 Å². The molecule has 13 rings (SSSR count). The van der Waals surface area contributed by atoms with Gasteiger partial charge in [0.25, 0.3) is 0 Å². The Morgan fingerprint density at radius 3 is 1.61 bits per heavy atom. The first kappa shape index (κ1) is 37.1. The van der Waals surface area contributed by atoms with E-state index in [9.17, 15) is 0 Å². The molecule has 2 aromatic heterocycles. The third-order valence-corrected chi connectivity index (χ3v) is 13.4. The maximum atomic E-state index is 7.04. The number of benzene rings is 9. The summed E-state index contributed by atoms with van der Waals surface area (Å²) in [5, 5.41) is 3.68. The van der Waals surface area contributed by atoms with Crippen LogP contribution in [0.15, 0.2) is 179 Å². The Bertz CT molecular complexity index is 3740. The molecule has 9 aromatic carbocycles. The first-order valence-electron chi connectivity index (χ1n) is 21.1. The van der Waals surface area contributed by atoms with Gasteiger partial charge in [0.1, 0.15) is 73.1 Å². The molecule has 0 amide bonds. The van der Waals surface area contributed by atoms with Gasteiger partial charge in [-0.2, -0.15) is 0 Å². The summed E-state index contributed by atoms with van der Waals surface area (Å²) in [7, 11) is 32.2. The summed E-state index contributed by atoms with van der Waals surface area (Å²) in [6.07, 6.45) is 0. The lowest BCUT2D eigenvalue weighted by atomic mass is 9.59. The number of rotatable bonds is 4. The SMILES string of the molecule is [B]c1c([B])c([B])c(-c2ccc3oc4cccc(N(c5ccc6c(c5)Oc5ccccc5C65c6ccccc6-c6ccccc65)c5cccc6oc7ccccc7c56)c4c3c2)c([B])c1[B]. The number of ether oxygens (including phenoxy) is 1. The van der Waals surface area contributed by atoms with Gasteiger partial charge in [-0.25, -0.2) is 0 Å². The van der Waals surface area contributed by atoms with Crippen LogP contribution in [0.4, 0.5) is 17.1 Å². The standard InChI is InChI=1S/C55H28B5NO3/c56-50-47(51(57)53(59)54(60)52(50)58)29-23-26-42-34(27-29)49-40(18-10-22-45(49)63-42)61(39-17-9-21-44-48(39)33-13-3-7-19-41(33)62-44)30-24-25-38-46(28-30)64-43-20-8-6-16-37(43)55(38)35-14-4-1-11-31(35)32-12-2-5-15-36(32)55/h1-28H. The zero-order valence-electron chi connectivity index (χ0n) is 34.2. The van der Waals surface area contributed by atoms with Crippen molar-refractivity contribution in [1.29, 1.82) is 0 Å². The lowest BCUT2D eigenvalue weighted by molar-refractivity contribution is 0.436.